The molecule has 0 fully saturated rings. The van der Waals surface area contributed by atoms with Crippen molar-refractivity contribution in [1.82, 2.24) is 14.3 Å². The smallest absolute Gasteiger partial charge is 0.323 e. The van der Waals surface area contributed by atoms with Crippen molar-refractivity contribution in [1.29, 1.82) is 0 Å². The first kappa shape index (κ1) is 15.3. The molecule has 1 amide bonds. The number of aliphatic carboxylic acids is 1. The summed E-state index contributed by atoms with van der Waals surface area (Å²) in [6, 6.07) is 5.07. The quantitative estimate of drug-likeness (QED) is 0.919. The lowest BCUT2D eigenvalue weighted by Gasteiger charge is -2.26. The predicted molar refractivity (Wildman–Crippen MR) is 78.6 cm³/mol. The minimum atomic E-state index is -1.06. The number of imidazole rings is 1. The first-order chi connectivity index (χ1) is 9.95. The Morgan fingerprint density at radius 2 is 2.19 bits per heavy atom. The molecule has 0 radical (unpaired) electrons. The molecule has 0 saturated heterocycles. The second-order valence-electron chi connectivity index (χ2n) is 4.76. The summed E-state index contributed by atoms with van der Waals surface area (Å²) >= 11 is 6.06. The van der Waals surface area contributed by atoms with Gasteiger partial charge in [0.2, 0.25) is 0 Å². The van der Waals surface area contributed by atoms with Crippen LogP contribution in [0.2, 0.25) is 5.15 Å². The fraction of sp³-hybridized carbons (Fsp3) is 0.357. The van der Waals surface area contributed by atoms with Crippen LogP contribution in [-0.2, 0) is 4.79 Å². The molecular formula is C14H16ClN3O3. The van der Waals surface area contributed by atoms with Crippen LogP contribution in [0.4, 0.5) is 0 Å². The minimum absolute atomic E-state index is 0.0740. The van der Waals surface area contributed by atoms with E-state index in [1.165, 1.54) is 4.90 Å². The molecule has 0 saturated carbocycles. The first-order valence-electron chi connectivity index (χ1n) is 6.61. The summed E-state index contributed by atoms with van der Waals surface area (Å²) in [5.41, 5.74) is 0.735. The van der Waals surface area contributed by atoms with Gasteiger partial charge in [0.25, 0.3) is 5.91 Å². The maximum atomic E-state index is 12.7. The van der Waals surface area contributed by atoms with Crippen LogP contribution < -0.4 is 0 Å². The van der Waals surface area contributed by atoms with Gasteiger partial charge in [-0.25, -0.2) is 4.98 Å². The highest BCUT2D eigenvalue weighted by atomic mass is 35.5. The Bertz CT molecular complexity index is 683. The van der Waals surface area contributed by atoms with Crippen molar-refractivity contribution in [3.8, 4) is 0 Å². The van der Waals surface area contributed by atoms with Gasteiger partial charge in [0.1, 0.15) is 12.2 Å². The Morgan fingerprint density at radius 3 is 2.81 bits per heavy atom. The maximum Gasteiger partial charge on any atom is 0.323 e. The van der Waals surface area contributed by atoms with E-state index < -0.39 is 11.9 Å². The molecule has 0 spiro atoms. The number of amides is 1. The fourth-order valence-corrected chi connectivity index (χ4v) is 2.35. The largest absolute Gasteiger partial charge is 0.480 e. The van der Waals surface area contributed by atoms with Gasteiger partial charge in [-0.2, -0.15) is 0 Å². The van der Waals surface area contributed by atoms with Crippen molar-refractivity contribution >= 4 is 29.1 Å². The van der Waals surface area contributed by atoms with E-state index in [0.717, 1.165) is 0 Å². The van der Waals surface area contributed by atoms with E-state index in [2.05, 4.69) is 4.98 Å². The van der Waals surface area contributed by atoms with Gasteiger partial charge < -0.3 is 10.0 Å². The lowest BCUT2D eigenvalue weighted by Crippen LogP contribution is -2.42. The van der Waals surface area contributed by atoms with E-state index in [-0.39, 0.29) is 23.4 Å². The van der Waals surface area contributed by atoms with Crippen LogP contribution in [0.1, 0.15) is 30.8 Å². The number of carbonyl (C=O) groups excluding carboxylic acids is 1. The van der Waals surface area contributed by atoms with Gasteiger partial charge in [-0.05, 0) is 25.5 Å². The molecule has 0 aliphatic carbocycles. The van der Waals surface area contributed by atoms with Crippen molar-refractivity contribution < 1.29 is 14.7 Å². The van der Waals surface area contributed by atoms with Crippen LogP contribution >= 0.6 is 11.6 Å². The molecule has 0 aromatic carbocycles. The van der Waals surface area contributed by atoms with Gasteiger partial charge in [0, 0.05) is 12.2 Å². The van der Waals surface area contributed by atoms with Crippen molar-refractivity contribution in [3.63, 3.8) is 0 Å². The van der Waals surface area contributed by atoms with E-state index >= 15 is 0 Å². The molecule has 1 atom stereocenters. The van der Waals surface area contributed by atoms with Crippen LogP contribution in [0.25, 0.3) is 5.65 Å². The summed E-state index contributed by atoms with van der Waals surface area (Å²) < 4.78 is 1.57. The summed E-state index contributed by atoms with van der Waals surface area (Å²) in [5, 5.41) is 9.08. The molecule has 2 aromatic rings. The van der Waals surface area contributed by atoms with Crippen LogP contribution in [0.15, 0.2) is 24.4 Å². The van der Waals surface area contributed by atoms with Crippen LogP contribution in [-0.4, -0.2) is 43.9 Å². The number of fused-ring (bicyclic) bond motifs is 1. The number of aromatic nitrogens is 2. The third kappa shape index (κ3) is 3.00. The lowest BCUT2D eigenvalue weighted by molar-refractivity contribution is -0.138. The number of pyridine rings is 1. The second kappa shape index (κ2) is 6.13. The maximum absolute atomic E-state index is 12.7. The highest BCUT2D eigenvalue weighted by Crippen LogP contribution is 2.21. The predicted octanol–water partition coefficient (Wildman–Crippen LogP) is 2.31. The Kier molecular flexibility index (Phi) is 4.47. The molecule has 0 aliphatic rings. The number of carboxylic acid groups (broad SMARTS) is 1. The zero-order valence-corrected chi connectivity index (χ0v) is 12.5. The number of hydrogen-bond donors (Lipinski definition) is 1. The van der Waals surface area contributed by atoms with E-state index in [4.69, 9.17) is 16.7 Å². The van der Waals surface area contributed by atoms with Crippen LogP contribution in [0.3, 0.4) is 0 Å². The van der Waals surface area contributed by atoms with Gasteiger partial charge in [-0.3, -0.25) is 14.0 Å². The average Bonchev–Trinajstić information content (AvgIpc) is 2.78. The third-order valence-electron chi connectivity index (χ3n) is 3.38. The minimum Gasteiger partial charge on any atom is -0.480 e. The van der Waals surface area contributed by atoms with E-state index in [1.54, 1.807) is 35.7 Å². The summed E-state index contributed by atoms with van der Waals surface area (Å²) in [4.78, 5) is 29.1. The Hall–Kier alpha value is -2.08. The molecule has 1 N–H and O–H groups in total. The topological polar surface area (TPSA) is 74.9 Å². The van der Waals surface area contributed by atoms with Crippen molar-refractivity contribution in [2.45, 2.75) is 26.3 Å². The number of halogens is 1. The molecule has 2 heterocycles. The average molecular weight is 310 g/mol. The summed E-state index contributed by atoms with van der Waals surface area (Å²) in [7, 11) is 0. The van der Waals surface area contributed by atoms with Gasteiger partial charge in [-0.1, -0.05) is 24.6 Å². The normalized spacial score (nSPS) is 12.3. The monoisotopic (exact) mass is 309 g/mol. The third-order valence-corrected chi connectivity index (χ3v) is 3.64. The molecule has 0 bridgehead atoms. The number of nitrogens with zero attached hydrogens (tertiary/aromatic N) is 3. The number of rotatable bonds is 5. The van der Waals surface area contributed by atoms with Crippen LogP contribution in [0, 0.1) is 0 Å². The molecule has 6 nitrogen and oxygen atoms in total. The Morgan fingerprint density at radius 1 is 1.48 bits per heavy atom. The molecule has 2 aromatic heterocycles. The van der Waals surface area contributed by atoms with Gasteiger partial charge >= 0.3 is 5.97 Å². The molecule has 0 unspecified atom stereocenters. The van der Waals surface area contributed by atoms with Gasteiger partial charge in [0.15, 0.2) is 10.8 Å². The summed E-state index contributed by atoms with van der Waals surface area (Å²) in [6.45, 7) is 3.32. The summed E-state index contributed by atoms with van der Waals surface area (Å²) in [5.74, 6) is -1.50. The molecule has 2 rings (SSSR count). The van der Waals surface area contributed by atoms with Crippen molar-refractivity contribution in [3.05, 3.63) is 35.2 Å². The van der Waals surface area contributed by atoms with Gasteiger partial charge in [-0.15, -0.1) is 0 Å². The SMILES string of the molecule is CC[C@H](C)N(CC(=O)O)C(=O)c1c(Cl)nc2ccccn12. The zero-order chi connectivity index (χ0) is 15.6. The summed E-state index contributed by atoms with van der Waals surface area (Å²) in [6.07, 6.45) is 2.32. The molecule has 112 valence electrons. The molecule has 0 aliphatic heterocycles. The first-order valence-corrected chi connectivity index (χ1v) is 6.98. The van der Waals surface area contributed by atoms with Crippen molar-refractivity contribution in [2.75, 3.05) is 6.54 Å². The lowest BCUT2D eigenvalue weighted by atomic mass is 10.2. The standard InChI is InChI=1S/C14H16ClN3O3/c1-3-9(2)18(8-11(19)20)14(21)12-13(15)16-10-6-4-5-7-17(10)12/h4-7,9H,3,8H2,1-2H3,(H,19,20)/t9-/m0/s1. The second-order valence-corrected chi connectivity index (χ2v) is 5.12. The Balaban J connectivity index is 2.47. The highest BCUT2D eigenvalue weighted by molar-refractivity contribution is 6.32. The Labute approximate surface area is 127 Å². The fourth-order valence-electron chi connectivity index (χ4n) is 2.09. The van der Waals surface area contributed by atoms with E-state index in [0.29, 0.717) is 12.1 Å². The highest BCUT2D eigenvalue weighted by Gasteiger charge is 2.27. The molecule has 21 heavy (non-hydrogen) atoms. The number of carboxylic acids is 1. The van der Waals surface area contributed by atoms with Gasteiger partial charge in [0.05, 0.1) is 0 Å². The number of carbonyl (C=O) groups is 2. The van der Waals surface area contributed by atoms with Crippen molar-refractivity contribution in [2.24, 2.45) is 0 Å². The van der Waals surface area contributed by atoms with E-state index in [9.17, 15) is 9.59 Å². The molecular weight excluding hydrogens is 294 g/mol. The molecule has 7 heteroatoms. The van der Waals surface area contributed by atoms with E-state index in [1.807, 2.05) is 6.92 Å². The van der Waals surface area contributed by atoms with Crippen LogP contribution in [0.5, 0.6) is 0 Å². The zero-order valence-electron chi connectivity index (χ0n) is 11.8. The number of hydrogen-bond acceptors (Lipinski definition) is 3.